The Bertz CT molecular complexity index is 682. The maximum atomic E-state index is 12.6. The fourth-order valence-electron chi connectivity index (χ4n) is 2.27. The van der Waals surface area contributed by atoms with Crippen LogP contribution >= 0.6 is 0 Å². The number of aromatic nitrogens is 1. The molecule has 1 amide bonds. The van der Waals surface area contributed by atoms with Gasteiger partial charge in [-0.2, -0.15) is 0 Å². The highest BCUT2D eigenvalue weighted by Crippen LogP contribution is 2.21. The number of hydrogen-bond acceptors (Lipinski definition) is 4. The Kier molecular flexibility index (Phi) is 6.07. The van der Waals surface area contributed by atoms with E-state index in [0.717, 1.165) is 11.3 Å². The van der Waals surface area contributed by atoms with Crippen molar-refractivity contribution in [3.63, 3.8) is 0 Å². The second kappa shape index (κ2) is 8.24. The van der Waals surface area contributed by atoms with Crippen LogP contribution in [0.1, 0.15) is 36.7 Å². The number of esters is 1. The number of hydrogen-bond donors (Lipinski definition) is 0. The van der Waals surface area contributed by atoms with Crippen molar-refractivity contribution in [2.75, 3.05) is 11.5 Å². The number of pyridine rings is 1. The molecule has 2 rings (SSSR count). The summed E-state index contributed by atoms with van der Waals surface area (Å²) in [5.74, 6) is -0.466. The fraction of sp³-hybridized carbons (Fsp3) is 0.316. The molecule has 126 valence electrons. The minimum atomic E-state index is -0.361. The molecule has 0 saturated heterocycles. The molecular formula is C19H22N2O3. The third-order valence-corrected chi connectivity index (χ3v) is 3.54. The van der Waals surface area contributed by atoms with Gasteiger partial charge in [-0.25, -0.2) is 4.79 Å². The van der Waals surface area contributed by atoms with Gasteiger partial charge in [-0.05, 0) is 48.9 Å². The molecule has 2 aromatic rings. The summed E-state index contributed by atoms with van der Waals surface area (Å²) in [6.07, 6.45) is 3.41. The van der Waals surface area contributed by atoms with E-state index in [2.05, 4.69) is 4.98 Å². The first-order valence-electron chi connectivity index (χ1n) is 8.00. The SMILES string of the molecule is CCOC(=O)c1ccc(N(Cc2ccncc2)C(=O)C(C)C)cc1. The van der Waals surface area contributed by atoms with Crippen molar-refractivity contribution in [2.24, 2.45) is 5.92 Å². The Hall–Kier alpha value is -2.69. The minimum Gasteiger partial charge on any atom is -0.462 e. The number of rotatable bonds is 6. The van der Waals surface area contributed by atoms with Crippen LogP contribution in [0.4, 0.5) is 5.69 Å². The van der Waals surface area contributed by atoms with Crippen LogP contribution in [-0.2, 0) is 16.1 Å². The molecule has 1 aromatic carbocycles. The summed E-state index contributed by atoms with van der Waals surface area (Å²) in [5.41, 5.74) is 2.22. The van der Waals surface area contributed by atoms with Crippen LogP contribution < -0.4 is 4.90 Å². The van der Waals surface area contributed by atoms with Crippen LogP contribution in [0.5, 0.6) is 0 Å². The summed E-state index contributed by atoms with van der Waals surface area (Å²) >= 11 is 0. The van der Waals surface area contributed by atoms with Gasteiger partial charge >= 0.3 is 5.97 Å². The van der Waals surface area contributed by atoms with Gasteiger partial charge in [-0.15, -0.1) is 0 Å². The monoisotopic (exact) mass is 326 g/mol. The Morgan fingerprint density at radius 1 is 1.08 bits per heavy atom. The van der Waals surface area contributed by atoms with Gasteiger partial charge in [0.2, 0.25) is 5.91 Å². The third-order valence-electron chi connectivity index (χ3n) is 3.54. The van der Waals surface area contributed by atoms with E-state index in [4.69, 9.17) is 4.74 Å². The Labute approximate surface area is 142 Å². The molecule has 0 aliphatic heterocycles. The minimum absolute atomic E-state index is 0.0238. The number of benzene rings is 1. The predicted molar refractivity (Wildman–Crippen MR) is 92.7 cm³/mol. The van der Waals surface area contributed by atoms with E-state index in [9.17, 15) is 9.59 Å². The molecule has 0 radical (unpaired) electrons. The zero-order valence-corrected chi connectivity index (χ0v) is 14.2. The molecule has 0 saturated carbocycles. The average molecular weight is 326 g/mol. The van der Waals surface area contributed by atoms with Crippen molar-refractivity contribution in [1.82, 2.24) is 4.98 Å². The summed E-state index contributed by atoms with van der Waals surface area (Å²) in [4.78, 5) is 30.1. The van der Waals surface area contributed by atoms with Gasteiger partial charge in [0.25, 0.3) is 0 Å². The lowest BCUT2D eigenvalue weighted by Crippen LogP contribution is -2.33. The van der Waals surface area contributed by atoms with Crippen LogP contribution in [0.25, 0.3) is 0 Å². The molecule has 0 N–H and O–H groups in total. The Balaban J connectivity index is 2.26. The lowest BCUT2D eigenvalue weighted by Gasteiger charge is -2.25. The molecule has 24 heavy (non-hydrogen) atoms. The van der Waals surface area contributed by atoms with Crippen molar-refractivity contribution >= 4 is 17.6 Å². The van der Waals surface area contributed by atoms with Crippen molar-refractivity contribution in [3.8, 4) is 0 Å². The Morgan fingerprint density at radius 2 is 1.71 bits per heavy atom. The van der Waals surface area contributed by atoms with Crippen LogP contribution in [-0.4, -0.2) is 23.5 Å². The first-order valence-corrected chi connectivity index (χ1v) is 8.00. The zero-order valence-electron chi connectivity index (χ0n) is 14.2. The predicted octanol–water partition coefficient (Wildman–Crippen LogP) is 3.45. The lowest BCUT2D eigenvalue weighted by atomic mass is 10.1. The fourth-order valence-corrected chi connectivity index (χ4v) is 2.27. The summed E-state index contributed by atoms with van der Waals surface area (Å²) < 4.78 is 4.98. The molecule has 1 heterocycles. The maximum Gasteiger partial charge on any atom is 0.338 e. The van der Waals surface area contributed by atoms with Gasteiger partial charge in [0.1, 0.15) is 0 Å². The number of amides is 1. The van der Waals surface area contributed by atoms with Gasteiger partial charge in [0.05, 0.1) is 18.7 Å². The first kappa shape index (κ1) is 17.7. The number of nitrogens with zero attached hydrogens (tertiary/aromatic N) is 2. The van der Waals surface area contributed by atoms with Gasteiger partial charge in [-0.1, -0.05) is 13.8 Å². The van der Waals surface area contributed by atoms with E-state index >= 15 is 0 Å². The van der Waals surface area contributed by atoms with E-state index in [1.165, 1.54) is 0 Å². The van der Waals surface area contributed by atoms with Crippen LogP contribution in [0.3, 0.4) is 0 Å². The van der Waals surface area contributed by atoms with Crippen LogP contribution in [0.2, 0.25) is 0 Å². The van der Waals surface area contributed by atoms with E-state index in [0.29, 0.717) is 18.7 Å². The topological polar surface area (TPSA) is 59.5 Å². The van der Waals surface area contributed by atoms with Crippen molar-refractivity contribution in [2.45, 2.75) is 27.3 Å². The molecule has 0 unspecified atom stereocenters. The summed E-state index contributed by atoms with van der Waals surface area (Å²) in [6, 6.07) is 10.7. The number of anilines is 1. The summed E-state index contributed by atoms with van der Waals surface area (Å²) in [7, 11) is 0. The Morgan fingerprint density at radius 3 is 2.25 bits per heavy atom. The highest BCUT2D eigenvalue weighted by atomic mass is 16.5. The van der Waals surface area contributed by atoms with Gasteiger partial charge in [0, 0.05) is 24.0 Å². The van der Waals surface area contributed by atoms with Crippen LogP contribution in [0, 0.1) is 5.92 Å². The zero-order chi connectivity index (χ0) is 17.5. The van der Waals surface area contributed by atoms with E-state index in [-0.39, 0.29) is 17.8 Å². The summed E-state index contributed by atoms with van der Waals surface area (Å²) in [6.45, 7) is 6.30. The average Bonchev–Trinajstić information content (AvgIpc) is 2.60. The van der Waals surface area contributed by atoms with Gasteiger partial charge < -0.3 is 9.64 Å². The molecule has 0 aliphatic rings. The first-order chi connectivity index (χ1) is 11.5. The number of carbonyl (C=O) groups is 2. The number of carbonyl (C=O) groups excluding carboxylic acids is 2. The highest BCUT2D eigenvalue weighted by molar-refractivity contribution is 5.95. The van der Waals surface area contributed by atoms with Crippen molar-refractivity contribution < 1.29 is 14.3 Å². The second-order valence-corrected chi connectivity index (χ2v) is 5.70. The van der Waals surface area contributed by atoms with E-state index < -0.39 is 0 Å². The normalized spacial score (nSPS) is 10.5. The highest BCUT2D eigenvalue weighted by Gasteiger charge is 2.19. The van der Waals surface area contributed by atoms with E-state index in [1.807, 2.05) is 26.0 Å². The number of ether oxygens (including phenoxy) is 1. The van der Waals surface area contributed by atoms with Gasteiger partial charge in [-0.3, -0.25) is 9.78 Å². The smallest absolute Gasteiger partial charge is 0.338 e. The quantitative estimate of drug-likeness (QED) is 0.763. The molecule has 5 heteroatoms. The molecule has 0 fully saturated rings. The van der Waals surface area contributed by atoms with Crippen molar-refractivity contribution in [1.29, 1.82) is 0 Å². The van der Waals surface area contributed by atoms with E-state index in [1.54, 1.807) is 48.5 Å². The van der Waals surface area contributed by atoms with Crippen LogP contribution in [0.15, 0.2) is 48.8 Å². The molecule has 0 bridgehead atoms. The third kappa shape index (κ3) is 4.41. The molecule has 0 atom stereocenters. The second-order valence-electron chi connectivity index (χ2n) is 5.70. The maximum absolute atomic E-state index is 12.6. The largest absolute Gasteiger partial charge is 0.462 e. The molecule has 0 spiro atoms. The van der Waals surface area contributed by atoms with Crippen molar-refractivity contribution in [3.05, 3.63) is 59.9 Å². The molecular weight excluding hydrogens is 304 g/mol. The molecule has 1 aromatic heterocycles. The summed E-state index contributed by atoms with van der Waals surface area (Å²) in [5, 5.41) is 0. The lowest BCUT2D eigenvalue weighted by molar-refractivity contribution is -0.121. The molecule has 0 aliphatic carbocycles. The molecule has 5 nitrogen and oxygen atoms in total. The van der Waals surface area contributed by atoms with Gasteiger partial charge in [0.15, 0.2) is 0 Å². The standard InChI is InChI=1S/C19H22N2O3/c1-4-24-19(23)16-5-7-17(8-6-16)21(18(22)14(2)3)13-15-9-11-20-12-10-15/h5-12,14H,4,13H2,1-3H3.